The van der Waals surface area contributed by atoms with Crippen molar-refractivity contribution in [2.45, 2.75) is 5.88 Å². The molecule has 0 bridgehead atoms. The molecular formula is C8H4Cl3N. The molecule has 0 saturated carbocycles. The van der Waals surface area contributed by atoms with Crippen LogP contribution in [-0.2, 0) is 5.88 Å². The lowest BCUT2D eigenvalue weighted by Gasteiger charge is -2.02. The zero-order valence-electron chi connectivity index (χ0n) is 5.94. The Hall–Kier alpha value is -0.420. The first-order valence-electron chi connectivity index (χ1n) is 3.13. The first-order valence-corrected chi connectivity index (χ1v) is 4.42. The lowest BCUT2D eigenvalue weighted by Crippen LogP contribution is -1.86. The number of nitriles is 1. The molecule has 0 heterocycles. The second-order valence-electron chi connectivity index (χ2n) is 2.14. The van der Waals surface area contributed by atoms with Gasteiger partial charge in [0.1, 0.15) is 6.07 Å². The molecule has 0 aliphatic carbocycles. The largest absolute Gasteiger partial charge is 0.192 e. The van der Waals surface area contributed by atoms with Crippen LogP contribution in [0.15, 0.2) is 12.1 Å². The van der Waals surface area contributed by atoms with Crippen molar-refractivity contribution in [3.63, 3.8) is 0 Å². The molecule has 62 valence electrons. The van der Waals surface area contributed by atoms with Gasteiger partial charge >= 0.3 is 0 Å². The Morgan fingerprint density at radius 1 is 1.33 bits per heavy atom. The highest BCUT2D eigenvalue weighted by Gasteiger charge is 2.08. The van der Waals surface area contributed by atoms with Crippen LogP contribution in [0.2, 0.25) is 10.0 Å². The molecule has 0 aliphatic rings. The molecule has 0 radical (unpaired) electrons. The van der Waals surface area contributed by atoms with Crippen LogP contribution in [0, 0.1) is 11.3 Å². The summed E-state index contributed by atoms with van der Waals surface area (Å²) in [7, 11) is 0. The molecule has 0 amide bonds. The Morgan fingerprint density at radius 2 is 2.00 bits per heavy atom. The Labute approximate surface area is 85.5 Å². The predicted octanol–water partition coefficient (Wildman–Crippen LogP) is 3.60. The number of nitrogens with zero attached hydrogens (tertiary/aromatic N) is 1. The van der Waals surface area contributed by atoms with Gasteiger partial charge in [0.15, 0.2) is 0 Å². The molecule has 1 nitrogen and oxygen atoms in total. The van der Waals surface area contributed by atoms with Crippen LogP contribution < -0.4 is 0 Å². The lowest BCUT2D eigenvalue weighted by molar-refractivity contribution is 1.37. The van der Waals surface area contributed by atoms with E-state index in [0.29, 0.717) is 10.0 Å². The van der Waals surface area contributed by atoms with Gasteiger partial charge in [0, 0.05) is 5.88 Å². The highest BCUT2D eigenvalue weighted by Crippen LogP contribution is 2.28. The second kappa shape index (κ2) is 4.00. The summed E-state index contributed by atoms with van der Waals surface area (Å²) in [6.07, 6.45) is 0. The molecule has 12 heavy (non-hydrogen) atoms. The minimum absolute atomic E-state index is 0.282. The van der Waals surface area contributed by atoms with Crippen molar-refractivity contribution < 1.29 is 0 Å². The maximum atomic E-state index is 8.66. The van der Waals surface area contributed by atoms with Gasteiger partial charge in [-0.15, -0.1) is 11.6 Å². The van der Waals surface area contributed by atoms with E-state index in [9.17, 15) is 0 Å². The van der Waals surface area contributed by atoms with Gasteiger partial charge in [-0.05, 0) is 11.6 Å². The van der Waals surface area contributed by atoms with Crippen molar-refractivity contribution in [3.8, 4) is 6.07 Å². The van der Waals surface area contributed by atoms with E-state index < -0.39 is 0 Å². The quantitative estimate of drug-likeness (QED) is 0.663. The smallest absolute Gasteiger partial charge is 0.102 e. The van der Waals surface area contributed by atoms with E-state index in [-0.39, 0.29) is 11.4 Å². The summed E-state index contributed by atoms with van der Waals surface area (Å²) in [5, 5.41) is 9.36. The summed E-state index contributed by atoms with van der Waals surface area (Å²) < 4.78 is 0. The normalized spacial score (nSPS) is 9.50. The molecule has 0 aliphatic heterocycles. The average molecular weight is 220 g/mol. The molecule has 0 saturated heterocycles. The maximum absolute atomic E-state index is 8.66. The van der Waals surface area contributed by atoms with Crippen LogP contribution in [0.4, 0.5) is 0 Å². The fourth-order valence-corrected chi connectivity index (χ4v) is 1.61. The van der Waals surface area contributed by atoms with Crippen LogP contribution in [0.3, 0.4) is 0 Å². The number of hydrogen-bond acceptors (Lipinski definition) is 1. The molecule has 1 aromatic carbocycles. The molecule has 0 atom stereocenters. The minimum atomic E-state index is 0.282. The fraction of sp³-hybridized carbons (Fsp3) is 0.125. The third-order valence-corrected chi connectivity index (χ3v) is 2.46. The molecule has 0 N–H and O–H groups in total. The Morgan fingerprint density at radius 3 is 2.50 bits per heavy atom. The highest BCUT2D eigenvalue weighted by atomic mass is 35.5. The summed E-state index contributed by atoms with van der Waals surface area (Å²) in [4.78, 5) is 0. The molecule has 0 unspecified atom stereocenters. The zero-order chi connectivity index (χ0) is 9.14. The number of benzene rings is 1. The van der Waals surface area contributed by atoms with Gasteiger partial charge < -0.3 is 0 Å². The molecule has 1 aromatic rings. The topological polar surface area (TPSA) is 23.8 Å². The van der Waals surface area contributed by atoms with Gasteiger partial charge in [-0.3, -0.25) is 0 Å². The summed E-state index contributed by atoms with van der Waals surface area (Å²) >= 11 is 17.1. The third kappa shape index (κ3) is 1.67. The molecule has 0 spiro atoms. The van der Waals surface area contributed by atoms with E-state index in [1.807, 2.05) is 6.07 Å². The zero-order valence-corrected chi connectivity index (χ0v) is 8.21. The van der Waals surface area contributed by atoms with Gasteiger partial charge in [0.05, 0.1) is 15.6 Å². The van der Waals surface area contributed by atoms with E-state index in [4.69, 9.17) is 40.1 Å². The molecule has 1 rings (SSSR count). The van der Waals surface area contributed by atoms with Gasteiger partial charge in [-0.2, -0.15) is 5.26 Å². The number of hydrogen-bond donors (Lipinski definition) is 0. The summed E-state index contributed by atoms with van der Waals surface area (Å²) in [6.45, 7) is 0. The summed E-state index contributed by atoms with van der Waals surface area (Å²) in [6, 6.07) is 5.24. The molecular weight excluding hydrogens is 216 g/mol. The Bertz CT molecular complexity index is 341. The van der Waals surface area contributed by atoms with Crippen molar-refractivity contribution in [1.29, 1.82) is 5.26 Å². The average Bonchev–Trinajstić information content (AvgIpc) is 2.06. The Balaban J connectivity index is 3.36. The minimum Gasteiger partial charge on any atom is -0.192 e. The summed E-state index contributed by atoms with van der Waals surface area (Å²) in [5.74, 6) is 0.282. The predicted molar refractivity (Wildman–Crippen MR) is 50.7 cm³/mol. The maximum Gasteiger partial charge on any atom is 0.102 e. The van der Waals surface area contributed by atoms with Gasteiger partial charge in [-0.25, -0.2) is 0 Å². The van der Waals surface area contributed by atoms with Crippen molar-refractivity contribution in [2.24, 2.45) is 0 Å². The molecule has 0 fully saturated rings. The van der Waals surface area contributed by atoms with Crippen molar-refractivity contribution in [3.05, 3.63) is 33.3 Å². The SMILES string of the molecule is N#Cc1c(Cl)ccc(CCl)c1Cl. The van der Waals surface area contributed by atoms with Gasteiger partial charge in [0.2, 0.25) is 0 Å². The van der Waals surface area contributed by atoms with E-state index in [2.05, 4.69) is 0 Å². The lowest BCUT2D eigenvalue weighted by atomic mass is 10.1. The number of alkyl halides is 1. The van der Waals surface area contributed by atoms with Crippen LogP contribution in [0.25, 0.3) is 0 Å². The van der Waals surface area contributed by atoms with Crippen LogP contribution >= 0.6 is 34.8 Å². The number of halogens is 3. The van der Waals surface area contributed by atoms with Crippen molar-refractivity contribution in [2.75, 3.05) is 0 Å². The van der Waals surface area contributed by atoms with Crippen LogP contribution in [0.5, 0.6) is 0 Å². The summed E-state index contributed by atoms with van der Waals surface area (Å²) in [5.41, 5.74) is 1.01. The standard InChI is InChI=1S/C8H4Cl3N/c9-3-5-1-2-7(10)6(4-12)8(5)11/h1-2H,3H2. The van der Waals surface area contributed by atoms with Crippen LogP contribution in [0.1, 0.15) is 11.1 Å². The van der Waals surface area contributed by atoms with Crippen molar-refractivity contribution in [1.82, 2.24) is 0 Å². The van der Waals surface area contributed by atoms with Crippen LogP contribution in [-0.4, -0.2) is 0 Å². The van der Waals surface area contributed by atoms with E-state index >= 15 is 0 Å². The first kappa shape index (κ1) is 9.67. The van der Waals surface area contributed by atoms with Gasteiger partial charge in [-0.1, -0.05) is 29.3 Å². The highest BCUT2D eigenvalue weighted by molar-refractivity contribution is 6.37. The molecule has 4 heteroatoms. The van der Waals surface area contributed by atoms with E-state index in [1.54, 1.807) is 12.1 Å². The second-order valence-corrected chi connectivity index (χ2v) is 3.19. The van der Waals surface area contributed by atoms with Crippen molar-refractivity contribution >= 4 is 34.8 Å². The first-order chi connectivity index (χ1) is 5.70. The monoisotopic (exact) mass is 219 g/mol. The Kier molecular flexibility index (Phi) is 3.22. The van der Waals surface area contributed by atoms with E-state index in [0.717, 1.165) is 5.56 Å². The van der Waals surface area contributed by atoms with Gasteiger partial charge in [0.25, 0.3) is 0 Å². The third-order valence-electron chi connectivity index (χ3n) is 1.43. The van der Waals surface area contributed by atoms with E-state index in [1.165, 1.54) is 0 Å². The molecule has 0 aromatic heterocycles. The fourth-order valence-electron chi connectivity index (χ4n) is 0.801. The number of rotatable bonds is 1.